The van der Waals surface area contributed by atoms with E-state index in [4.69, 9.17) is 4.74 Å². The normalized spacial score (nSPS) is 24.4. The van der Waals surface area contributed by atoms with Crippen LogP contribution in [0.5, 0.6) is 5.75 Å². The van der Waals surface area contributed by atoms with E-state index in [1.807, 2.05) is 12.1 Å². The molecule has 1 fully saturated rings. The number of methoxy groups -OCH3 is 1. The summed E-state index contributed by atoms with van der Waals surface area (Å²) in [6, 6.07) is 6.12. The lowest BCUT2D eigenvalue weighted by Gasteiger charge is -2.08. The van der Waals surface area contributed by atoms with Crippen LogP contribution in [-0.2, 0) is 4.79 Å². The van der Waals surface area contributed by atoms with Gasteiger partial charge in [0.05, 0.1) is 7.11 Å². The molecular formula is C12H14O2. The zero-order valence-electron chi connectivity index (χ0n) is 8.49. The summed E-state index contributed by atoms with van der Waals surface area (Å²) >= 11 is 0. The van der Waals surface area contributed by atoms with E-state index in [-0.39, 0.29) is 5.92 Å². The fourth-order valence-electron chi connectivity index (χ4n) is 1.87. The zero-order valence-corrected chi connectivity index (χ0v) is 8.49. The van der Waals surface area contributed by atoms with Gasteiger partial charge in [-0.2, -0.15) is 0 Å². The van der Waals surface area contributed by atoms with Crippen molar-refractivity contribution in [2.45, 2.75) is 19.3 Å². The Labute approximate surface area is 83.9 Å². The lowest BCUT2D eigenvalue weighted by atomic mass is 10.1. The van der Waals surface area contributed by atoms with E-state index in [1.54, 1.807) is 7.11 Å². The van der Waals surface area contributed by atoms with E-state index < -0.39 is 0 Å². The Hall–Kier alpha value is -1.31. The van der Waals surface area contributed by atoms with E-state index in [0.29, 0.717) is 5.92 Å². The van der Waals surface area contributed by atoms with E-state index in [9.17, 15) is 4.79 Å². The molecule has 0 N–H and O–H groups in total. The Kier molecular flexibility index (Phi) is 2.28. The minimum atomic E-state index is 0.214. The van der Waals surface area contributed by atoms with Gasteiger partial charge < -0.3 is 9.53 Å². The molecule has 0 aromatic heterocycles. The van der Waals surface area contributed by atoms with Crippen molar-refractivity contribution in [2.24, 2.45) is 5.92 Å². The molecule has 2 heteroatoms. The molecule has 14 heavy (non-hydrogen) atoms. The van der Waals surface area contributed by atoms with Crippen molar-refractivity contribution in [1.29, 1.82) is 0 Å². The summed E-state index contributed by atoms with van der Waals surface area (Å²) in [4.78, 5) is 10.6. The third-order valence-electron chi connectivity index (χ3n) is 2.80. The number of hydrogen-bond acceptors (Lipinski definition) is 2. The predicted octanol–water partition coefficient (Wildman–Crippen LogP) is 2.31. The van der Waals surface area contributed by atoms with Crippen LogP contribution >= 0.6 is 0 Å². The molecule has 1 saturated carbocycles. The largest absolute Gasteiger partial charge is 0.496 e. The maximum absolute atomic E-state index is 10.6. The van der Waals surface area contributed by atoms with Crippen molar-refractivity contribution in [3.63, 3.8) is 0 Å². The first-order chi connectivity index (χ1) is 6.76. The van der Waals surface area contributed by atoms with Crippen LogP contribution in [0.3, 0.4) is 0 Å². The van der Waals surface area contributed by atoms with Crippen molar-refractivity contribution in [1.82, 2.24) is 0 Å². The number of rotatable bonds is 3. The van der Waals surface area contributed by atoms with Crippen LogP contribution in [0.2, 0.25) is 0 Å². The van der Waals surface area contributed by atoms with E-state index in [0.717, 1.165) is 18.5 Å². The molecule has 74 valence electrons. The van der Waals surface area contributed by atoms with Crippen LogP contribution in [0.25, 0.3) is 0 Å². The second-order valence-corrected chi connectivity index (χ2v) is 3.89. The minimum Gasteiger partial charge on any atom is -0.496 e. The molecule has 1 aliphatic rings. The Balaban J connectivity index is 2.31. The highest BCUT2D eigenvalue weighted by atomic mass is 16.5. The Morgan fingerprint density at radius 1 is 1.50 bits per heavy atom. The van der Waals surface area contributed by atoms with Gasteiger partial charge in [0.1, 0.15) is 12.0 Å². The highest BCUT2D eigenvalue weighted by Crippen LogP contribution is 2.49. The number of carbonyl (C=O) groups is 1. The monoisotopic (exact) mass is 190 g/mol. The van der Waals surface area contributed by atoms with Gasteiger partial charge in [-0.25, -0.2) is 0 Å². The number of aldehydes is 1. The number of carbonyl (C=O) groups excluding carboxylic acids is 1. The van der Waals surface area contributed by atoms with Crippen molar-refractivity contribution in [3.8, 4) is 5.75 Å². The zero-order chi connectivity index (χ0) is 10.1. The molecule has 1 aliphatic carbocycles. The summed E-state index contributed by atoms with van der Waals surface area (Å²) < 4.78 is 5.28. The summed E-state index contributed by atoms with van der Waals surface area (Å²) in [7, 11) is 1.67. The van der Waals surface area contributed by atoms with Gasteiger partial charge in [0.15, 0.2) is 0 Å². The van der Waals surface area contributed by atoms with Crippen molar-refractivity contribution in [3.05, 3.63) is 29.3 Å². The molecule has 0 spiro atoms. The minimum absolute atomic E-state index is 0.214. The molecular weight excluding hydrogens is 176 g/mol. The second kappa shape index (κ2) is 3.45. The van der Waals surface area contributed by atoms with E-state index in [1.165, 1.54) is 11.1 Å². The highest BCUT2D eigenvalue weighted by Gasteiger charge is 2.39. The maximum atomic E-state index is 10.6. The van der Waals surface area contributed by atoms with Gasteiger partial charge in [-0.1, -0.05) is 17.7 Å². The van der Waals surface area contributed by atoms with Crippen molar-refractivity contribution >= 4 is 6.29 Å². The van der Waals surface area contributed by atoms with Crippen LogP contribution in [0.15, 0.2) is 18.2 Å². The molecule has 0 bridgehead atoms. The summed E-state index contributed by atoms with van der Waals surface area (Å²) in [5.74, 6) is 1.51. The summed E-state index contributed by atoms with van der Waals surface area (Å²) in [6.07, 6.45) is 2.02. The van der Waals surface area contributed by atoms with Gasteiger partial charge in [0, 0.05) is 5.92 Å². The van der Waals surface area contributed by atoms with Gasteiger partial charge in [0.2, 0.25) is 0 Å². The molecule has 0 heterocycles. The van der Waals surface area contributed by atoms with Gasteiger partial charge in [-0.3, -0.25) is 0 Å². The number of aryl methyl sites for hydroxylation is 1. The molecule has 0 saturated heterocycles. The Morgan fingerprint density at radius 2 is 2.29 bits per heavy atom. The maximum Gasteiger partial charge on any atom is 0.123 e. The third-order valence-corrected chi connectivity index (χ3v) is 2.80. The van der Waals surface area contributed by atoms with Gasteiger partial charge in [0.25, 0.3) is 0 Å². The first-order valence-corrected chi connectivity index (χ1v) is 4.86. The van der Waals surface area contributed by atoms with Crippen molar-refractivity contribution in [2.75, 3.05) is 7.11 Å². The molecule has 0 aliphatic heterocycles. The number of hydrogen-bond donors (Lipinski definition) is 0. The first-order valence-electron chi connectivity index (χ1n) is 4.86. The fourth-order valence-corrected chi connectivity index (χ4v) is 1.87. The SMILES string of the molecule is COc1ccc(C)cc1C1CC1C=O. The molecule has 2 atom stereocenters. The van der Waals surface area contributed by atoms with Crippen LogP contribution in [0.4, 0.5) is 0 Å². The number of benzene rings is 1. The first kappa shape index (κ1) is 9.25. The molecule has 0 amide bonds. The number of ether oxygens (including phenoxy) is 1. The molecule has 0 radical (unpaired) electrons. The quantitative estimate of drug-likeness (QED) is 0.684. The highest BCUT2D eigenvalue weighted by molar-refractivity contribution is 5.62. The summed E-state index contributed by atoms with van der Waals surface area (Å²) in [5, 5.41) is 0. The third kappa shape index (κ3) is 1.52. The second-order valence-electron chi connectivity index (χ2n) is 3.89. The summed E-state index contributed by atoms with van der Waals surface area (Å²) in [5.41, 5.74) is 2.40. The van der Waals surface area contributed by atoms with Crippen LogP contribution < -0.4 is 4.74 Å². The van der Waals surface area contributed by atoms with Crippen molar-refractivity contribution < 1.29 is 9.53 Å². The fraction of sp³-hybridized carbons (Fsp3) is 0.417. The molecule has 2 unspecified atom stereocenters. The average Bonchev–Trinajstić information content (AvgIpc) is 2.96. The molecule has 2 rings (SSSR count). The molecule has 1 aromatic carbocycles. The average molecular weight is 190 g/mol. The molecule has 1 aromatic rings. The Morgan fingerprint density at radius 3 is 2.86 bits per heavy atom. The topological polar surface area (TPSA) is 26.3 Å². The Bertz CT molecular complexity index is 357. The van der Waals surface area contributed by atoms with Crippen LogP contribution in [0, 0.1) is 12.8 Å². The molecule has 2 nitrogen and oxygen atoms in total. The van der Waals surface area contributed by atoms with Gasteiger partial charge >= 0.3 is 0 Å². The standard InChI is InChI=1S/C12H14O2/c1-8-3-4-12(14-2)11(5-8)10-6-9(10)7-13/h3-5,7,9-10H,6H2,1-2H3. The van der Waals surface area contributed by atoms with Crippen LogP contribution in [-0.4, -0.2) is 13.4 Å². The lowest BCUT2D eigenvalue weighted by Crippen LogP contribution is -1.92. The van der Waals surface area contributed by atoms with Gasteiger partial charge in [-0.15, -0.1) is 0 Å². The smallest absolute Gasteiger partial charge is 0.123 e. The van der Waals surface area contributed by atoms with Crippen LogP contribution in [0.1, 0.15) is 23.5 Å². The van der Waals surface area contributed by atoms with Gasteiger partial charge in [-0.05, 0) is 30.9 Å². The lowest BCUT2D eigenvalue weighted by molar-refractivity contribution is -0.108. The van der Waals surface area contributed by atoms with E-state index in [2.05, 4.69) is 13.0 Å². The predicted molar refractivity (Wildman–Crippen MR) is 54.6 cm³/mol. The summed E-state index contributed by atoms with van der Waals surface area (Å²) in [6.45, 7) is 2.06. The van der Waals surface area contributed by atoms with E-state index >= 15 is 0 Å².